The molecule has 18 heavy (non-hydrogen) atoms. The quantitative estimate of drug-likeness (QED) is 0.636. The Hall–Kier alpha value is -1.29. The minimum Gasteiger partial charge on any atom is -0.354 e. The van der Waals surface area contributed by atoms with Gasteiger partial charge in [0.2, 0.25) is 0 Å². The van der Waals surface area contributed by atoms with Crippen LogP contribution in [0.15, 0.2) is 52.5 Å². The molecule has 0 aliphatic carbocycles. The average molecular weight is 292 g/mol. The second kappa shape index (κ2) is 5.14. The van der Waals surface area contributed by atoms with Crippen molar-refractivity contribution in [3.8, 4) is 10.4 Å². The van der Waals surface area contributed by atoms with Crippen LogP contribution >= 0.6 is 34.3 Å². The number of hydrogen-bond donors (Lipinski definition) is 1. The number of thiophene rings is 2. The summed E-state index contributed by atoms with van der Waals surface area (Å²) in [5, 5.41) is 10.4. The molecule has 2 aromatic heterocycles. The van der Waals surface area contributed by atoms with E-state index in [1.54, 1.807) is 22.7 Å². The zero-order valence-electron chi connectivity index (χ0n) is 9.39. The summed E-state index contributed by atoms with van der Waals surface area (Å²) in [6.07, 6.45) is 0. The number of benzene rings is 1. The molecule has 0 saturated heterocycles. The molecule has 0 aliphatic heterocycles. The van der Waals surface area contributed by atoms with Crippen LogP contribution < -0.4 is 5.32 Å². The van der Waals surface area contributed by atoms with Crippen LogP contribution in [-0.4, -0.2) is 0 Å². The molecule has 3 rings (SSSR count). The SMILES string of the molecule is Clc1ccc(-c2cc(Nc3ccsc3)cs2)cc1. The molecule has 90 valence electrons. The summed E-state index contributed by atoms with van der Waals surface area (Å²) >= 11 is 9.31. The van der Waals surface area contributed by atoms with Gasteiger partial charge in [0.25, 0.3) is 0 Å². The van der Waals surface area contributed by atoms with Crippen molar-refractivity contribution < 1.29 is 0 Å². The van der Waals surface area contributed by atoms with Gasteiger partial charge in [-0.1, -0.05) is 23.7 Å². The van der Waals surface area contributed by atoms with Crippen LogP contribution in [0.5, 0.6) is 0 Å². The normalized spacial score (nSPS) is 10.5. The maximum Gasteiger partial charge on any atom is 0.0499 e. The zero-order valence-corrected chi connectivity index (χ0v) is 11.8. The summed E-state index contributed by atoms with van der Waals surface area (Å²) < 4.78 is 0. The number of anilines is 2. The molecule has 0 amide bonds. The fraction of sp³-hybridized carbons (Fsp3) is 0. The van der Waals surface area contributed by atoms with Crippen molar-refractivity contribution in [2.24, 2.45) is 0 Å². The lowest BCUT2D eigenvalue weighted by molar-refractivity contribution is 1.65. The molecule has 0 fully saturated rings. The summed E-state index contributed by atoms with van der Waals surface area (Å²) in [7, 11) is 0. The van der Waals surface area contributed by atoms with E-state index in [-0.39, 0.29) is 0 Å². The van der Waals surface area contributed by atoms with Gasteiger partial charge < -0.3 is 5.32 Å². The van der Waals surface area contributed by atoms with E-state index in [2.05, 4.69) is 33.6 Å². The molecule has 2 heterocycles. The van der Waals surface area contributed by atoms with Gasteiger partial charge in [-0.15, -0.1) is 11.3 Å². The summed E-state index contributed by atoms with van der Waals surface area (Å²) in [6.45, 7) is 0. The van der Waals surface area contributed by atoms with Crippen molar-refractivity contribution >= 4 is 45.6 Å². The molecule has 1 N–H and O–H groups in total. The molecule has 0 bridgehead atoms. The van der Waals surface area contributed by atoms with E-state index in [4.69, 9.17) is 11.6 Å². The first-order valence-electron chi connectivity index (χ1n) is 5.45. The maximum atomic E-state index is 5.89. The van der Waals surface area contributed by atoms with E-state index >= 15 is 0 Å². The molecule has 4 heteroatoms. The van der Waals surface area contributed by atoms with Crippen molar-refractivity contribution in [1.82, 2.24) is 0 Å². The molecule has 0 radical (unpaired) electrons. The van der Waals surface area contributed by atoms with Gasteiger partial charge >= 0.3 is 0 Å². The summed E-state index contributed by atoms with van der Waals surface area (Å²) in [5.74, 6) is 0. The predicted molar refractivity (Wildman–Crippen MR) is 82.4 cm³/mol. The van der Waals surface area contributed by atoms with E-state index in [0.29, 0.717) is 0 Å². The first-order chi connectivity index (χ1) is 8.81. The van der Waals surface area contributed by atoms with Gasteiger partial charge in [0.05, 0.1) is 0 Å². The number of nitrogens with one attached hydrogen (secondary N) is 1. The van der Waals surface area contributed by atoms with Gasteiger partial charge in [0, 0.05) is 32.0 Å². The van der Waals surface area contributed by atoms with Crippen molar-refractivity contribution in [3.63, 3.8) is 0 Å². The largest absolute Gasteiger partial charge is 0.354 e. The molecule has 0 atom stereocenters. The van der Waals surface area contributed by atoms with Gasteiger partial charge in [0.15, 0.2) is 0 Å². The first kappa shape index (κ1) is 11.8. The van der Waals surface area contributed by atoms with Crippen LogP contribution in [0.4, 0.5) is 11.4 Å². The molecule has 0 aliphatic rings. The summed E-state index contributed by atoms with van der Waals surface area (Å²) in [4.78, 5) is 1.24. The van der Waals surface area contributed by atoms with Crippen LogP contribution in [0.3, 0.4) is 0 Å². The van der Waals surface area contributed by atoms with Crippen LogP contribution in [0.25, 0.3) is 10.4 Å². The lowest BCUT2D eigenvalue weighted by Gasteiger charge is -1.99. The Morgan fingerprint density at radius 2 is 1.78 bits per heavy atom. The Morgan fingerprint density at radius 1 is 0.944 bits per heavy atom. The third-order valence-electron chi connectivity index (χ3n) is 2.54. The fourth-order valence-corrected chi connectivity index (χ4v) is 3.23. The Morgan fingerprint density at radius 3 is 2.50 bits per heavy atom. The Kier molecular flexibility index (Phi) is 3.37. The smallest absolute Gasteiger partial charge is 0.0499 e. The molecule has 0 unspecified atom stereocenters. The van der Waals surface area contributed by atoms with Crippen LogP contribution in [0.1, 0.15) is 0 Å². The summed E-state index contributed by atoms with van der Waals surface area (Å²) in [5.41, 5.74) is 3.46. The van der Waals surface area contributed by atoms with E-state index in [9.17, 15) is 0 Å². The van der Waals surface area contributed by atoms with E-state index < -0.39 is 0 Å². The fourth-order valence-electron chi connectivity index (χ4n) is 1.67. The average Bonchev–Trinajstić information content (AvgIpc) is 3.02. The van der Waals surface area contributed by atoms with Crippen LogP contribution in [0.2, 0.25) is 5.02 Å². The van der Waals surface area contributed by atoms with Crippen molar-refractivity contribution in [2.45, 2.75) is 0 Å². The lowest BCUT2D eigenvalue weighted by Crippen LogP contribution is -1.83. The standard InChI is InChI=1S/C14H10ClNS2/c15-11-3-1-10(2-4-11)14-7-13(9-18-14)16-12-5-6-17-8-12/h1-9,16H. The topological polar surface area (TPSA) is 12.0 Å². The number of rotatable bonds is 3. The zero-order chi connectivity index (χ0) is 12.4. The Labute approximate surface area is 119 Å². The second-order valence-corrected chi connectivity index (χ2v) is 5.97. The molecule has 1 nitrogen and oxygen atoms in total. The minimum atomic E-state index is 0.770. The third-order valence-corrected chi connectivity index (χ3v) is 4.45. The van der Waals surface area contributed by atoms with E-state index in [1.165, 1.54) is 10.4 Å². The molecule has 0 saturated carbocycles. The number of halogens is 1. The highest BCUT2D eigenvalue weighted by Gasteiger charge is 2.03. The molecule has 3 aromatic rings. The highest BCUT2D eigenvalue weighted by atomic mass is 35.5. The molecule has 0 spiro atoms. The third kappa shape index (κ3) is 2.58. The van der Waals surface area contributed by atoms with Gasteiger partial charge in [-0.3, -0.25) is 0 Å². The number of hydrogen-bond acceptors (Lipinski definition) is 3. The highest BCUT2D eigenvalue weighted by molar-refractivity contribution is 7.14. The first-order valence-corrected chi connectivity index (χ1v) is 7.65. The highest BCUT2D eigenvalue weighted by Crippen LogP contribution is 2.32. The van der Waals surface area contributed by atoms with Gasteiger partial charge in [-0.25, -0.2) is 0 Å². The van der Waals surface area contributed by atoms with Gasteiger partial charge in [0.1, 0.15) is 0 Å². The Bertz CT molecular complexity index is 626. The van der Waals surface area contributed by atoms with Crippen LogP contribution in [-0.2, 0) is 0 Å². The van der Waals surface area contributed by atoms with E-state index in [0.717, 1.165) is 16.4 Å². The summed E-state index contributed by atoms with van der Waals surface area (Å²) in [6, 6.07) is 12.2. The van der Waals surface area contributed by atoms with Crippen molar-refractivity contribution in [3.05, 3.63) is 57.6 Å². The minimum absolute atomic E-state index is 0.770. The Balaban J connectivity index is 1.83. The lowest BCUT2D eigenvalue weighted by atomic mass is 10.2. The van der Waals surface area contributed by atoms with Crippen LogP contribution in [0, 0.1) is 0 Å². The van der Waals surface area contributed by atoms with Crippen molar-refractivity contribution in [1.29, 1.82) is 0 Å². The predicted octanol–water partition coefficient (Wildman–Crippen LogP) is 5.87. The monoisotopic (exact) mass is 291 g/mol. The maximum absolute atomic E-state index is 5.89. The molecule has 1 aromatic carbocycles. The second-order valence-electron chi connectivity index (χ2n) is 3.84. The van der Waals surface area contributed by atoms with Gasteiger partial charge in [-0.05, 0) is 35.2 Å². The van der Waals surface area contributed by atoms with E-state index in [1.807, 2.05) is 24.3 Å². The molecular weight excluding hydrogens is 282 g/mol. The van der Waals surface area contributed by atoms with Gasteiger partial charge in [-0.2, -0.15) is 11.3 Å². The van der Waals surface area contributed by atoms with Crippen molar-refractivity contribution in [2.75, 3.05) is 5.32 Å². The molecular formula is C14H10ClNS2.